The Morgan fingerprint density at radius 1 is 1.25 bits per heavy atom. The predicted octanol–water partition coefficient (Wildman–Crippen LogP) is 3.89. The molecule has 1 aromatic heterocycles. The third-order valence-electron chi connectivity index (χ3n) is 3.24. The number of hydrogen-bond acceptors (Lipinski definition) is 3. The van der Waals surface area contributed by atoms with Crippen molar-refractivity contribution < 1.29 is 13.5 Å². The highest BCUT2D eigenvalue weighted by atomic mass is 19.1. The summed E-state index contributed by atoms with van der Waals surface area (Å²) in [7, 11) is 0. The van der Waals surface area contributed by atoms with Crippen molar-refractivity contribution in [3.63, 3.8) is 0 Å². The fourth-order valence-electron chi connectivity index (χ4n) is 2.01. The second kappa shape index (κ2) is 6.09. The molecule has 2 unspecified atom stereocenters. The van der Waals surface area contributed by atoms with Crippen LogP contribution in [0.25, 0.3) is 0 Å². The number of halogens is 1. The van der Waals surface area contributed by atoms with E-state index >= 15 is 0 Å². The van der Waals surface area contributed by atoms with Gasteiger partial charge in [-0.2, -0.15) is 0 Å². The summed E-state index contributed by atoms with van der Waals surface area (Å²) in [5.74, 6) is 1.21. The second-order valence-electron chi connectivity index (χ2n) is 4.99. The molecule has 1 aromatic carbocycles. The highest BCUT2D eigenvalue weighted by molar-refractivity contribution is 5.30. The van der Waals surface area contributed by atoms with Gasteiger partial charge < -0.3 is 14.9 Å². The van der Waals surface area contributed by atoms with E-state index < -0.39 is 11.9 Å². The Balaban J connectivity index is 2.30. The summed E-state index contributed by atoms with van der Waals surface area (Å²) >= 11 is 0. The predicted molar refractivity (Wildman–Crippen MR) is 76.2 cm³/mol. The maximum absolute atomic E-state index is 13.8. The molecular weight excluding hydrogens is 257 g/mol. The molecule has 3 nitrogen and oxygen atoms in total. The van der Waals surface area contributed by atoms with Crippen LogP contribution >= 0.6 is 0 Å². The minimum Gasteiger partial charge on any atom is -0.478 e. The minimum absolute atomic E-state index is 0.202. The molecule has 0 spiro atoms. The van der Waals surface area contributed by atoms with Gasteiger partial charge in [-0.15, -0.1) is 0 Å². The smallest absolute Gasteiger partial charge is 0.171 e. The van der Waals surface area contributed by atoms with Gasteiger partial charge in [0.1, 0.15) is 11.5 Å². The lowest BCUT2D eigenvalue weighted by Gasteiger charge is -2.23. The van der Waals surface area contributed by atoms with E-state index in [0.717, 1.165) is 11.3 Å². The van der Waals surface area contributed by atoms with E-state index in [0.29, 0.717) is 12.2 Å². The highest BCUT2D eigenvalue weighted by Crippen LogP contribution is 2.29. The first kappa shape index (κ1) is 14.6. The van der Waals surface area contributed by atoms with Crippen molar-refractivity contribution in [1.82, 2.24) is 0 Å². The quantitative estimate of drug-likeness (QED) is 0.901. The van der Waals surface area contributed by atoms with Gasteiger partial charge in [-0.3, -0.25) is 0 Å². The molecule has 0 aliphatic heterocycles. The van der Waals surface area contributed by atoms with Gasteiger partial charge in [-0.05, 0) is 50.1 Å². The molecule has 0 bridgehead atoms. The zero-order valence-electron chi connectivity index (χ0n) is 12.0. The molecule has 0 fully saturated rings. The number of rotatable bonds is 5. The second-order valence-corrected chi connectivity index (χ2v) is 4.99. The largest absolute Gasteiger partial charge is 0.478 e. The van der Waals surface area contributed by atoms with E-state index in [1.54, 1.807) is 12.1 Å². The maximum Gasteiger partial charge on any atom is 0.171 e. The Kier molecular flexibility index (Phi) is 4.45. The number of furan rings is 1. The standard InChI is InChI=1S/C16H20FNO2/c1-4-13(18)16(14-8-6-11(3)19-14)20-15-9-10(2)5-7-12(15)17/h5-9,13,16H,4,18H2,1-3H3. The number of ether oxygens (including phenoxy) is 1. The van der Waals surface area contributed by atoms with E-state index in [1.807, 2.05) is 32.9 Å². The first-order valence-electron chi connectivity index (χ1n) is 6.76. The Morgan fingerprint density at radius 3 is 2.60 bits per heavy atom. The molecule has 2 atom stereocenters. The average Bonchev–Trinajstić information content (AvgIpc) is 2.85. The molecule has 0 aliphatic rings. The lowest BCUT2D eigenvalue weighted by Crippen LogP contribution is -2.31. The number of aryl methyl sites for hydroxylation is 2. The van der Waals surface area contributed by atoms with Crippen LogP contribution in [-0.4, -0.2) is 6.04 Å². The van der Waals surface area contributed by atoms with Crippen LogP contribution in [0.1, 0.15) is 36.5 Å². The Labute approximate surface area is 118 Å². The topological polar surface area (TPSA) is 48.4 Å². The van der Waals surface area contributed by atoms with Crippen molar-refractivity contribution in [1.29, 1.82) is 0 Å². The molecule has 0 saturated heterocycles. The van der Waals surface area contributed by atoms with Crippen molar-refractivity contribution in [3.05, 3.63) is 53.2 Å². The van der Waals surface area contributed by atoms with E-state index in [4.69, 9.17) is 14.9 Å². The summed E-state index contributed by atoms with van der Waals surface area (Å²) in [4.78, 5) is 0. The van der Waals surface area contributed by atoms with Gasteiger partial charge in [-0.1, -0.05) is 13.0 Å². The lowest BCUT2D eigenvalue weighted by atomic mass is 10.1. The molecule has 0 radical (unpaired) electrons. The zero-order chi connectivity index (χ0) is 14.7. The first-order valence-corrected chi connectivity index (χ1v) is 6.76. The van der Waals surface area contributed by atoms with Crippen LogP contribution in [0.4, 0.5) is 4.39 Å². The molecule has 2 rings (SSSR count). The molecule has 0 aliphatic carbocycles. The monoisotopic (exact) mass is 277 g/mol. The third-order valence-corrected chi connectivity index (χ3v) is 3.24. The van der Waals surface area contributed by atoms with Crippen LogP contribution in [0, 0.1) is 19.7 Å². The summed E-state index contributed by atoms with van der Waals surface area (Å²) < 4.78 is 25.2. The van der Waals surface area contributed by atoms with Crippen LogP contribution in [0.3, 0.4) is 0 Å². The van der Waals surface area contributed by atoms with Crippen molar-refractivity contribution in [3.8, 4) is 5.75 Å². The number of hydrogen-bond donors (Lipinski definition) is 1. The fraction of sp³-hybridized carbons (Fsp3) is 0.375. The molecule has 108 valence electrons. The van der Waals surface area contributed by atoms with Gasteiger partial charge in [0.2, 0.25) is 0 Å². The average molecular weight is 277 g/mol. The molecular formula is C16H20FNO2. The van der Waals surface area contributed by atoms with Gasteiger partial charge in [0.25, 0.3) is 0 Å². The fourth-order valence-corrected chi connectivity index (χ4v) is 2.01. The van der Waals surface area contributed by atoms with Gasteiger partial charge in [0, 0.05) is 6.04 Å². The SMILES string of the molecule is CCC(N)C(Oc1cc(C)ccc1F)c1ccc(C)o1. The van der Waals surface area contributed by atoms with Gasteiger partial charge >= 0.3 is 0 Å². The van der Waals surface area contributed by atoms with Crippen molar-refractivity contribution in [2.75, 3.05) is 0 Å². The van der Waals surface area contributed by atoms with Crippen molar-refractivity contribution >= 4 is 0 Å². The minimum atomic E-state index is -0.495. The third kappa shape index (κ3) is 3.20. The van der Waals surface area contributed by atoms with Crippen LogP contribution < -0.4 is 10.5 Å². The van der Waals surface area contributed by atoms with Gasteiger partial charge in [0.05, 0.1) is 0 Å². The zero-order valence-corrected chi connectivity index (χ0v) is 12.0. The molecule has 1 heterocycles. The van der Waals surface area contributed by atoms with Gasteiger partial charge in [-0.25, -0.2) is 4.39 Å². The Morgan fingerprint density at radius 2 is 2.00 bits per heavy atom. The molecule has 4 heteroatoms. The van der Waals surface area contributed by atoms with Crippen molar-refractivity contribution in [2.24, 2.45) is 5.73 Å². The summed E-state index contributed by atoms with van der Waals surface area (Å²) in [5, 5.41) is 0. The van der Waals surface area contributed by atoms with Crippen molar-refractivity contribution in [2.45, 2.75) is 39.3 Å². The molecule has 0 saturated carbocycles. The van der Waals surface area contributed by atoms with Crippen LogP contribution in [0.5, 0.6) is 5.75 Å². The van der Waals surface area contributed by atoms with Crippen LogP contribution in [0.2, 0.25) is 0 Å². The summed E-state index contributed by atoms with van der Waals surface area (Å²) in [5.41, 5.74) is 7.02. The molecule has 2 N–H and O–H groups in total. The van der Waals surface area contributed by atoms with E-state index in [2.05, 4.69) is 0 Å². The molecule has 20 heavy (non-hydrogen) atoms. The normalized spacial score (nSPS) is 14.1. The van der Waals surface area contributed by atoms with E-state index in [1.165, 1.54) is 6.07 Å². The number of nitrogens with two attached hydrogens (primary N) is 1. The van der Waals surface area contributed by atoms with Gasteiger partial charge in [0.15, 0.2) is 17.7 Å². The van der Waals surface area contributed by atoms with Crippen LogP contribution in [0.15, 0.2) is 34.7 Å². The van der Waals surface area contributed by atoms with E-state index in [-0.39, 0.29) is 11.8 Å². The van der Waals surface area contributed by atoms with E-state index in [9.17, 15) is 4.39 Å². The molecule has 2 aromatic rings. The Hall–Kier alpha value is -1.81. The summed E-state index contributed by atoms with van der Waals surface area (Å²) in [6, 6.07) is 8.17. The lowest BCUT2D eigenvalue weighted by molar-refractivity contribution is 0.137. The Bertz CT molecular complexity index is 580. The first-order chi connectivity index (χ1) is 9.51. The summed E-state index contributed by atoms with van der Waals surface area (Å²) in [6.45, 7) is 5.70. The summed E-state index contributed by atoms with van der Waals surface area (Å²) in [6.07, 6.45) is 0.211. The molecule has 0 amide bonds. The van der Waals surface area contributed by atoms with Crippen LogP contribution in [-0.2, 0) is 0 Å². The maximum atomic E-state index is 13.8. The number of benzene rings is 1. The highest BCUT2D eigenvalue weighted by Gasteiger charge is 2.25.